The summed E-state index contributed by atoms with van der Waals surface area (Å²) in [4.78, 5) is 17.7. The van der Waals surface area contributed by atoms with Crippen molar-refractivity contribution < 1.29 is 9.18 Å². The molecule has 7 nitrogen and oxygen atoms in total. The van der Waals surface area contributed by atoms with Gasteiger partial charge in [0.15, 0.2) is 0 Å². The molecule has 5 aliphatic rings. The molecule has 3 N–H and O–H groups in total. The predicted molar refractivity (Wildman–Crippen MR) is 122 cm³/mol. The highest BCUT2D eigenvalue weighted by atomic mass is 19.1. The first-order valence-electron chi connectivity index (χ1n) is 11.4. The number of carbonyl (C=O) groups excluding carboxylic acids is 1. The number of nitrogens with zero attached hydrogens (tertiary/aromatic N) is 3. The minimum atomic E-state index is -0.394. The Kier molecular flexibility index (Phi) is 4.73. The highest BCUT2D eigenvalue weighted by molar-refractivity contribution is 5.94. The number of nitrogens with one attached hydrogen (secondary N) is 3. The Bertz CT molecular complexity index is 1010. The van der Waals surface area contributed by atoms with Crippen molar-refractivity contribution in [2.45, 2.75) is 50.0 Å². The molecule has 2 aromatic rings. The SMILES string of the molecule is Cc1cccc(F)c1N1NC2C(CC1=O)NNC2c1ccc(N2CC3CC(C2)N3C)cc1. The molecular weight excluding hydrogens is 407 g/mol. The Hall–Kier alpha value is -2.52. The highest BCUT2D eigenvalue weighted by Crippen LogP contribution is 2.35. The number of halogens is 1. The van der Waals surface area contributed by atoms with Gasteiger partial charge in [-0.05, 0) is 49.7 Å². The Labute approximate surface area is 187 Å². The summed E-state index contributed by atoms with van der Waals surface area (Å²) >= 11 is 0. The zero-order chi connectivity index (χ0) is 22.0. The largest absolute Gasteiger partial charge is 0.368 e. The monoisotopic (exact) mass is 436 g/mol. The summed E-state index contributed by atoms with van der Waals surface area (Å²) < 4.78 is 14.6. The minimum absolute atomic E-state index is 0.0300. The van der Waals surface area contributed by atoms with Crippen molar-refractivity contribution in [1.82, 2.24) is 21.2 Å². The molecule has 5 heterocycles. The molecule has 5 saturated heterocycles. The van der Waals surface area contributed by atoms with Crippen molar-refractivity contribution >= 4 is 17.3 Å². The smallest absolute Gasteiger partial charge is 0.243 e. The standard InChI is InChI=1S/C24H29FN6O/c1-14-4-3-5-19(25)24(14)31-21(32)11-20-23(28-31)22(27-26-20)15-6-8-16(9-7-15)30-12-17-10-18(13-30)29(17)2/h3-9,17-18,20,22-23,26-28H,10-13H2,1-2H3. The molecule has 32 heavy (non-hydrogen) atoms. The molecule has 2 bridgehead atoms. The number of benzene rings is 2. The van der Waals surface area contributed by atoms with Gasteiger partial charge in [0, 0.05) is 43.3 Å². The molecular formula is C24H29FN6O. The first-order valence-corrected chi connectivity index (χ1v) is 11.4. The number of hydrogen-bond acceptors (Lipinski definition) is 6. The lowest BCUT2D eigenvalue weighted by Crippen LogP contribution is -2.67. The topological polar surface area (TPSA) is 62.9 Å². The summed E-state index contributed by atoms with van der Waals surface area (Å²) in [6.45, 7) is 3.99. The molecule has 0 radical (unpaired) electrons. The third-order valence-electron chi connectivity index (χ3n) is 7.73. The fourth-order valence-corrected chi connectivity index (χ4v) is 5.74. The van der Waals surface area contributed by atoms with Gasteiger partial charge in [-0.2, -0.15) is 0 Å². The van der Waals surface area contributed by atoms with Gasteiger partial charge in [-0.25, -0.2) is 20.3 Å². The first kappa shape index (κ1) is 20.1. The van der Waals surface area contributed by atoms with Gasteiger partial charge in [0.05, 0.1) is 17.8 Å². The van der Waals surface area contributed by atoms with Crippen molar-refractivity contribution in [3.63, 3.8) is 0 Å². The molecule has 2 aromatic carbocycles. The molecule has 1 amide bonds. The van der Waals surface area contributed by atoms with E-state index in [9.17, 15) is 9.18 Å². The van der Waals surface area contributed by atoms with E-state index in [1.54, 1.807) is 6.07 Å². The maximum atomic E-state index is 14.6. The van der Waals surface area contributed by atoms with E-state index in [2.05, 4.69) is 57.4 Å². The number of rotatable bonds is 3. The Balaban J connectivity index is 1.21. The zero-order valence-corrected chi connectivity index (χ0v) is 18.4. The van der Waals surface area contributed by atoms with Gasteiger partial charge in [-0.1, -0.05) is 24.3 Å². The molecule has 0 saturated carbocycles. The van der Waals surface area contributed by atoms with Crippen LogP contribution < -0.4 is 26.2 Å². The molecule has 0 aliphatic carbocycles. The number of para-hydroxylation sites is 1. The Morgan fingerprint density at radius 1 is 1.03 bits per heavy atom. The molecule has 0 spiro atoms. The van der Waals surface area contributed by atoms with Gasteiger partial charge in [-0.3, -0.25) is 15.1 Å². The van der Waals surface area contributed by atoms with Crippen LogP contribution in [0, 0.1) is 12.7 Å². The zero-order valence-electron chi connectivity index (χ0n) is 18.4. The van der Waals surface area contributed by atoms with Gasteiger partial charge in [0.25, 0.3) is 0 Å². The van der Waals surface area contributed by atoms with Crippen molar-refractivity contribution in [3.8, 4) is 0 Å². The van der Waals surface area contributed by atoms with E-state index in [0.29, 0.717) is 24.2 Å². The molecule has 0 aromatic heterocycles. The van der Waals surface area contributed by atoms with E-state index in [1.807, 2.05) is 13.0 Å². The van der Waals surface area contributed by atoms with Gasteiger partial charge in [0.1, 0.15) is 5.82 Å². The van der Waals surface area contributed by atoms with Crippen LogP contribution in [0.5, 0.6) is 0 Å². The lowest BCUT2D eigenvalue weighted by molar-refractivity contribution is -0.121. The number of hydrogen-bond donors (Lipinski definition) is 3. The summed E-state index contributed by atoms with van der Waals surface area (Å²) in [7, 11) is 2.22. The van der Waals surface area contributed by atoms with E-state index >= 15 is 0 Å². The number of anilines is 2. The number of piperazine rings is 1. The molecule has 5 fully saturated rings. The van der Waals surface area contributed by atoms with Crippen molar-refractivity contribution in [1.29, 1.82) is 0 Å². The number of fused-ring (bicyclic) bond motifs is 3. The van der Waals surface area contributed by atoms with Crippen molar-refractivity contribution in [2.75, 3.05) is 30.0 Å². The number of carbonyl (C=O) groups is 1. The molecule has 168 valence electrons. The molecule has 5 aliphatic heterocycles. The maximum absolute atomic E-state index is 14.6. The Morgan fingerprint density at radius 3 is 2.47 bits per heavy atom. The van der Waals surface area contributed by atoms with Crippen molar-refractivity contribution in [3.05, 3.63) is 59.4 Å². The quantitative estimate of drug-likeness (QED) is 0.683. The average molecular weight is 437 g/mol. The lowest BCUT2D eigenvalue weighted by Gasteiger charge is -2.55. The molecule has 5 unspecified atom stereocenters. The normalized spacial score (nSPS) is 32.1. The van der Waals surface area contributed by atoms with Crippen LogP contribution in [0.2, 0.25) is 0 Å². The summed E-state index contributed by atoms with van der Waals surface area (Å²) in [5.41, 5.74) is 13.4. The lowest BCUT2D eigenvalue weighted by atomic mass is 9.88. The maximum Gasteiger partial charge on any atom is 0.243 e. The summed E-state index contributed by atoms with van der Waals surface area (Å²) in [6, 6.07) is 14.8. The second-order valence-corrected chi connectivity index (χ2v) is 9.57. The first-order chi connectivity index (χ1) is 15.5. The van der Waals surface area contributed by atoms with E-state index in [0.717, 1.165) is 24.2 Å². The van der Waals surface area contributed by atoms with E-state index < -0.39 is 5.82 Å². The van der Waals surface area contributed by atoms with Crippen LogP contribution in [0.15, 0.2) is 42.5 Å². The summed E-state index contributed by atoms with van der Waals surface area (Å²) in [5.74, 6) is -0.535. The number of amides is 1. The number of piperidine rings is 1. The Morgan fingerprint density at radius 2 is 1.78 bits per heavy atom. The van der Waals surface area contributed by atoms with E-state index in [-0.39, 0.29) is 24.0 Å². The number of likely N-dealkylation sites (N-methyl/N-ethyl adjacent to an activating group) is 1. The fraction of sp³-hybridized carbons (Fsp3) is 0.458. The summed E-state index contributed by atoms with van der Waals surface area (Å²) in [6.07, 6.45) is 1.62. The van der Waals surface area contributed by atoms with Gasteiger partial charge in [-0.15, -0.1) is 0 Å². The predicted octanol–water partition coefficient (Wildman–Crippen LogP) is 1.85. The minimum Gasteiger partial charge on any atom is -0.368 e. The van der Waals surface area contributed by atoms with Gasteiger partial charge < -0.3 is 4.90 Å². The van der Waals surface area contributed by atoms with Crippen LogP contribution in [-0.4, -0.2) is 55.1 Å². The van der Waals surface area contributed by atoms with Crippen LogP contribution in [0.3, 0.4) is 0 Å². The third-order valence-corrected chi connectivity index (χ3v) is 7.73. The highest BCUT2D eigenvalue weighted by Gasteiger charge is 2.45. The third kappa shape index (κ3) is 3.13. The van der Waals surface area contributed by atoms with Crippen molar-refractivity contribution in [2.24, 2.45) is 0 Å². The van der Waals surface area contributed by atoms with E-state index in [1.165, 1.54) is 23.2 Å². The molecule has 7 rings (SSSR count). The van der Waals surface area contributed by atoms with Crippen LogP contribution in [0.1, 0.15) is 30.0 Å². The summed E-state index contributed by atoms with van der Waals surface area (Å²) in [5, 5.41) is 1.40. The fourth-order valence-electron chi connectivity index (χ4n) is 5.74. The number of hydrazine groups is 2. The van der Waals surface area contributed by atoms with Gasteiger partial charge >= 0.3 is 0 Å². The van der Waals surface area contributed by atoms with E-state index in [4.69, 9.17) is 0 Å². The molecule has 5 atom stereocenters. The van der Waals surface area contributed by atoms with Crippen LogP contribution >= 0.6 is 0 Å². The number of aryl methyl sites for hydroxylation is 1. The van der Waals surface area contributed by atoms with Crippen LogP contribution in [-0.2, 0) is 4.79 Å². The van der Waals surface area contributed by atoms with Crippen LogP contribution in [0.25, 0.3) is 0 Å². The average Bonchev–Trinajstić information content (AvgIpc) is 3.21. The van der Waals surface area contributed by atoms with Gasteiger partial charge in [0.2, 0.25) is 5.91 Å². The molecule has 8 heteroatoms. The van der Waals surface area contributed by atoms with Crippen LogP contribution in [0.4, 0.5) is 15.8 Å². The second-order valence-electron chi connectivity index (χ2n) is 9.57. The second kappa shape index (κ2) is 7.52.